The first kappa shape index (κ1) is 20.7. The van der Waals surface area contributed by atoms with Crippen molar-refractivity contribution in [2.75, 3.05) is 4.90 Å². The van der Waals surface area contributed by atoms with Gasteiger partial charge in [0.2, 0.25) is 0 Å². The van der Waals surface area contributed by atoms with E-state index in [2.05, 4.69) is 0 Å². The number of benzene rings is 3. The summed E-state index contributed by atoms with van der Waals surface area (Å²) in [6, 6.07) is 20.9. The highest BCUT2D eigenvalue weighted by Crippen LogP contribution is 2.42. The fourth-order valence-electron chi connectivity index (χ4n) is 3.55. The summed E-state index contributed by atoms with van der Waals surface area (Å²) in [4.78, 5) is 27.4. The van der Waals surface area contributed by atoms with Gasteiger partial charge in [0.15, 0.2) is 0 Å². The van der Waals surface area contributed by atoms with Crippen LogP contribution in [0.5, 0.6) is 0 Å². The van der Waals surface area contributed by atoms with Crippen LogP contribution in [0.3, 0.4) is 0 Å². The molecule has 1 aliphatic heterocycles. The minimum absolute atomic E-state index is 0.0565. The molecule has 152 valence electrons. The Morgan fingerprint density at radius 2 is 1.61 bits per heavy atom. The highest BCUT2D eigenvalue weighted by atomic mass is 35.5. The van der Waals surface area contributed by atoms with Crippen LogP contribution in [0, 0.1) is 11.3 Å². The number of anilines is 1. The molecule has 1 amide bonds. The van der Waals surface area contributed by atoms with Gasteiger partial charge in [0, 0.05) is 11.3 Å². The molecule has 0 spiro atoms. The fourth-order valence-corrected chi connectivity index (χ4v) is 3.84. The van der Waals surface area contributed by atoms with E-state index < -0.39 is 17.7 Å². The van der Waals surface area contributed by atoms with Crippen molar-refractivity contribution >= 4 is 46.3 Å². The van der Waals surface area contributed by atoms with Crippen molar-refractivity contribution in [1.82, 2.24) is 0 Å². The van der Waals surface area contributed by atoms with Gasteiger partial charge in [-0.15, -0.1) is 0 Å². The van der Waals surface area contributed by atoms with Crippen LogP contribution in [0.2, 0.25) is 10.0 Å². The highest BCUT2D eigenvalue weighted by Gasteiger charge is 2.46. The molecule has 1 N–H and O–H groups in total. The first-order chi connectivity index (χ1) is 14.9. The van der Waals surface area contributed by atoms with E-state index >= 15 is 0 Å². The molecule has 3 aromatic rings. The Hall–Kier alpha value is -3.59. The van der Waals surface area contributed by atoms with Gasteiger partial charge in [-0.05, 0) is 48.0 Å². The molecule has 0 radical (unpaired) electrons. The second-order valence-electron chi connectivity index (χ2n) is 6.87. The van der Waals surface area contributed by atoms with Crippen molar-refractivity contribution in [3.05, 3.63) is 105 Å². The number of halogens is 2. The van der Waals surface area contributed by atoms with E-state index in [0.717, 1.165) is 0 Å². The Morgan fingerprint density at radius 3 is 2.23 bits per heavy atom. The molecule has 1 fully saturated rings. The van der Waals surface area contributed by atoms with E-state index in [9.17, 15) is 14.7 Å². The third kappa shape index (κ3) is 3.68. The summed E-state index contributed by atoms with van der Waals surface area (Å²) in [6.07, 6.45) is 0. The number of nitriles is 1. The zero-order valence-electron chi connectivity index (χ0n) is 15.9. The molecule has 1 saturated heterocycles. The van der Waals surface area contributed by atoms with Crippen LogP contribution in [0.4, 0.5) is 5.69 Å². The van der Waals surface area contributed by atoms with Crippen molar-refractivity contribution < 1.29 is 14.7 Å². The summed E-state index contributed by atoms with van der Waals surface area (Å²) < 4.78 is 0. The molecule has 1 heterocycles. The predicted octanol–water partition coefficient (Wildman–Crippen LogP) is 5.49. The minimum Gasteiger partial charge on any atom is -0.507 e. The topological polar surface area (TPSA) is 81.4 Å². The van der Waals surface area contributed by atoms with Gasteiger partial charge in [-0.2, -0.15) is 5.26 Å². The van der Waals surface area contributed by atoms with Crippen LogP contribution >= 0.6 is 23.2 Å². The number of carbonyl (C=O) groups is 2. The molecule has 7 heteroatoms. The third-order valence-electron chi connectivity index (χ3n) is 5.03. The molecule has 31 heavy (non-hydrogen) atoms. The maximum absolute atomic E-state index is 13.0. The largest absolute Gasteiger partial charge is 0.507 e. The second-order valence-corrected chi connectivity index (χ2v) is 7.68. The number of Topliss-reactive ketones (excluding diaryl/α,β-unsaturated/α-hetero) is 1. The number of carbonyl (C=O) groups excluding carboxylic acids is 2. The molecule has 3 aromatic carbocycles. The van der Waals surface area contributed by atoms with Gasteiger partial charge in [-0.25, -0.2) is 0 Å². The number of aliphatic hydroxyl groups excluding tert-OH is 1. The lowest BCUT2D eigenvalue weighted by Crippen LogP contribution is -2.29. The number of nitrogens with zero attached hydrogens (tertiary/aromatic N) is 2. The summed E-state index contributed by atoms with van der Waals surface area (Å²) in [6.45, 7) is 0. The minimum atomic E-state index is -0.858. The number of ketones is 1. The van der Waals surface area contributed by atoms with E-state index in [0.29, 0.717) is 21.8 Å². The van der Waals surface area contributed by atoms with Crippen LogP contribution < -0.4 is 4.90 Å². The van der Waals surface area contributed by atoms with E-state index in [1.54, 1.807) is 48.5 Å². The average Bonchev–Trinajstić information content (AvgIpc) is 3.06. The number of hydrogen-bond acceptors (Lipinski definition) is 4. The van der Waals surface area contributed by atoms with Crippen LogP contribution in [0.25, 0.3) is 5.76 Å². The SMILES string of the molecule is N#Cc1ccc(N2C(=O)C(=O)/C(=C(\O)c3ccc(Cl)c(Cl)c3)C2c2ccccc2)cc1. The molecule has 1 unspecified atom stereocenters. The first-order valence-electron chi connectivity index (χ1n) is 9.24. The zero-order chi connectivity index (χ0) is 22.1. The van der Waals surface area contributed by atoms with Gasteiger partial charge in [-0.3, -0.25) is 14.5 Å². The summed E-state index contributed by atoms with van der Waals surface area (Å²) in [5.74, 6) is -1.94. The lowest BCUT2D eigenvalue weighted by molar-refractivity contribution is -0.132. The maximum Gasteiger partial charge on any atom is 0.300 e. The molecule has 0 aliphatic carbocycles. The van der Waals surface area contributed by atoms with Gasteiger partial charge in [0.05, 0.1) is 33.3 Å². The molecular weight excluding hydrogens is 435 g/mol. The second kappa shape index (κ2) is 8.27. The fraction of sp³-hybridized carbons (Fsp3) is 0.0417. The summed E-state index contributed by atoms with van der Waals surface area (Å²) in [5, 5.41) is 20.6. The number of hydrogen-bond donors (Lipinski definition) is 1. The quantitative estimate of drug-likeness (QED) is 0.326. The Bertz CT molecular complexity index is 1260. The molecule has 0 aromatic heterocycles. The third-order valence-corrected chi connectivity index (χ3v) is 5.77. The number of rotatable bonds is 3. The Morgan fingerprint density at radius 1 is 0.935 bits per heavy atom. The molecule has 0 saturated carbocycles. The number of amides is 1. The molecule has 5 nitrogen and oxygen atoms in total. The molecule has 1 aliphatic rings. The average molecular weight is 449 g/mol. The van der Waals surface area contributed by atoms with Crippen LogP contribution in [0.1, 0.15) is 22.7 Å². The monoisotopic (exact) mass is 448 g/mol. The highest BCUT2D eigenvalue weighted by molar-refractivity contribution is 6.51. The van der Waals surface area contributed by atoms with E-state index in [1.807, 2.05) is 12.1 Å². The molecule has 0 bridgehead atoms. The van der Waals surface area contributed by atoms with E-state index in [1.165, 1.54) is 23.1 Å². The Labute approximate surface area is 188 Å². The van der Waals surface area contributed by atoms with E-state index in [4.69, 9.17) is 28.5 Å². The molecule has 1 atom stereocenters. The van der Waals surface area contributed by atoms with Crippen molar-refractivity contribution in [2.45, 2.75) is 6.04 Å². The van der Waals surface area contributed by atoms with Crippen molar-refractivity contribution in [1.29, 1.82) is 5.26 Å². The predicted molar refractivity (Wildman–Crippen MR) is 119 cm³/mol. The van der Waals surface area contributed by atoms with E-state index in [-0.39, 0.29) is 21.9 Å². The van der Waals surface area contributed by atoms with Crippen molar-refractivity contribution in [3.8, 4) is 6.07 Å². The lowest BCUT2D eigenvalue weighted by atomic mass is 9.95. The molecular formula is C24H14Cl2N2O3. The standard InChI is InChI=1S/C24H14Cl2N2O3/c25-18-11-8-16(12-19(18)26)22(29)20-21(15-4-2-1-3-5-15)28(24(31)23(20)30)17-9-6-14(13-27)7-10-17/h1-12,21,29H/b22-20-. The van der Waals surface area contributed by atoms with Crippen LogP contribution in [-0.4, -0.2) is 16.8 Å². The first-order valence-corrected chi connectivity index (χ1v) is 9.99. The number of aliphatic hydroxyl groups is 1. The Kier molecular flexibility index (Phi) is 5.51. The van der Waals surface area contributed by atoms with Crippen LogP contribution in [0.15, 0.2) is 78.4 Å². The summed E-state index contributed by atoms with van der Waals surface area (Å²) in [5.41, 5.74) is 1.72. The normalized spacial score (nSPS) is 17.6. The smallest absolute Gasteiger partial charge is 0.300 e. The van der Waals surface area contributed by atoms with Gasteiger partial charge in [0.1, 0.15) is 5.76 Å². The Balaban J connectivity index is 1.93. The van der Waals surface area contributed by atoms with Gasteiger partial charge >= 0.3 is 0 Å². The van der Waals surface area contributed by atoms with Crippen LogP contribution in [-0.2, 0) is 9.59 Å². The summed E-state index contributed by atoms with van der Waals surface area (Å²) >= 11 is 12.0. The van der Waals surface area contributed by atoms with Gasteiger partial charge in [0.25, 0.3) is 11.7 Å². The van der Waals surface area contributed by atoms with Crippen molar-refractivity contribution in [3.63, 3.8) is 0 Å². The lowest BCUT2D eigenvalue weighted by Gasteiger charge is -2.25. The maximum atomic E-state index is 13.0. The zero-order valence-corrected chi connectivity index (χ0v) is 17.4. The summed E-state index contributed by atoms with van der Waals surface area (Å²) in [7, 11) is 0. The van der Waals surface area contributed by atoms with Gasteiger partial charge < -0.3 is 5.11 Å². The van der Waals surface area contributed by atoms with Crippen molar-refractivity contribution in [2.24, 2.45) is 0 Å². The van der Waals surface area contributed by atoms with Gasteiger partial charge in [-0.1, -0.05) is 53.5 Å². The molecule has 4 rings (SSSR count).